The van der Waals surface area contributed by atoms with Crippen LogP contribution in [0.3, 0.4) is 0 Å². The summed E-state index contributed by atoms with van der Waals surface area (Å²) in [4.78, 5) is 23.7. The van der Waals surface area contributed by atoms with Crippen molar-refractivity contribution >= 4 is 11.9 Å². The van der Waals surface area contributed by atoms with Gasteiger partial charge in [0.2, 0.25) is 0 Å². The summed E-state index contributed by atoms with van der Waals surface area (Å²) in [5.74, 6) is -6.10. The van der Waals surface area contributed by atoms with E-state index in [1.54, 1.807) is 0 Å². The highest BCUT2D eigenvalue weighted by Crippen LogP contribution is 2.63. The molecule has 5 rings (SSSR count). The van der Waals surface area contributed by atoms with Gasteiger partial charge in [0, 0.05) is 18.8 Å². The van der Waals surface area contributed by atoms with Crippen molar-refractivity contribution in [2.75, 3.05) is 19.8 Å². The zero-order valence-corrected chi connectivity index (χ0v) is 15.7. The molecule has 1 spiro atoms. The maximum absolute atomic E-state index is 12.9. The Morgan fingerprint density at radius 1 is 1.15 bits per heavy atom. The molecular weight excluding hydrogens is 362 g/mol. The Morgan fingerprint density at radius 3 is 2.30 bits per heavy atom. The Labute approximate surface area is 156 Å². The first-order chi connectivity index (χ1) is 12.6. The molecular formula is C19H26F2O6. The lowest BCUT2D eigenvalue weighted by Crippen LogP contribution is -2.65. The maximum atomic E-state index is 12.9. The van der Waals surface area contributed by atoms with Crippen molar-refractivity contribution in [3.05, 3.63) is 0 Å². The first-order valence-electron chi connectivity index (χ1n) is 9.69. The van der Waals surface area contributed by atoms with E-state index >= 15 is 0 Å². The van der Waals surface area contributed by atoms with Crippen molar-refractivity contribution in [2.24, 2.45) is 23.7 Å². The summed E-state index contributed by atoms with van der Waals surface area (Å²) in [5.41, 5.74) is -0.541. The average molecular weight is 388 g/mol. The summed E-state index contributed by atoms with van der Waals surface area (Å²) in [6, 6.07) is 0. The van der Waals surface area contributed by atoms with Crippen LogP contribution >= 0.6 is 0 Å². The lowest BCUT2D eigenvalue weighted by molar-refractivity contribution is -0.315. The molecule has 4 saturated carbocycles. The van der Waals surface area contributed by atoms with Crippen molar-refractivity contribution in [1.82, 2.24) is 0 Å². The second-order valence-electron chi connectivity index (χ2n) is 8.75. The molecule has 3 atom stereocenters. The molecule has 27 heavy (non-hydrogen) atoms. The lowest BCUT2D eigenvalue weighted by Gasteiger charge is -2.62. The van der Waals surface area contributed by atoms with Crippen LogP contribution in [0, 0.1) is 23.7 Å². The largest absolute Gasteiger partial charge is 0.460 e. The number of esters is 2. The third-order valence-corrected chi connectivity index (χ3v) is 6.55. The molecule has 5 fully saturated rings. The van der Waals surface area contributed by atoms with Crippen molar-refractivity contribution in [1.29, 1.82) is 0 Å². The molecule has 4 aliphatic carbocycles. The summed E-state index contributed by atoms with van der Waals surface area (Å²) in [6.45, 7) is 2.79. The predicted molar refractivity (Wildman–Crippen MR) is 87.8 cm³/mol. The quantitative estimate of drug-likeness (QED) is 0.675. The fourth-order valence-corrected chi connectivity index (χ4v) is 5.60. The molecule has 0 aromatic heterocycles. The van der Waals surface area contributed by atoms with Gasteiger partial charge in [0.05, 0.1) is 19.1 Å². The molecule has 4 bridgehead atoms. The Bertz CT molecular complexity index is 606. The first-order valence-corrected chi connectivity index (χ1v) is 9.69. The van der Waals surface area contributed by atoms with E-state index in [-0.39, 0.29) is 11.8 Å². The van der Waals surface area contributed by atoms with E-state index in [4.69, 9.17) is 14.2 Å². The smallest absolute Gasteiger partial charge is 0.376 e. The molecule has 3 unspecified atom stereocenters. The van der Waals surface area contributed by atoms with Gasteiger partial charge in [-0.1, -0.05) is 0 Å². The molecule has 8 heteroatoms. The van der Waals surface area contributed by atoms with Gasteiger partial charge < -0.3 is 18.9 Å². The number of halogens is 2. The minimum Gasteiger partial charge on any atom is -0.460 e. The molecule has 1 heterocycles. The van der Waals surface area contributed by atoms with Crippen molar-refractivity contribution in [2.45, 2.75) is 63.3 Å². The SMILES string of the molecule is CC(COC(=O)C(C)(F)F)C(=O)OC12CC3CC(C1)C1(OCCO1)C(C3)C2. The second-order valence-corrected chi connectivity index (χ2v) is 8.75. The second kappa shape index (κ2) is 6.37. The van der Waals surface area contributed by atoms with Crippen LogP contribution in [0.5, 0.6) is 0 Å². The summed E-state index contributed by atoms with van der Waals surface area (Å²) < 4.78 is 48.3. The highest BCUT2D eigenvalue weighted by Gasteiger charge is 2.66. The van der Waals surface area contributed by atoms with E-state index in [1.807, 2.05) is 0 Å². The molecule has 0 amide bonds. The molecule has 1 aliphatic heterocycles. The average Bonchev–Trinajstić information content (AvgIpc) is 3.06. The van der Waals surface area contributed by atoms with Crippen molar-refractivity contribution < 1.29 is 37.3 Å². The van der Waals surface area contributed by atoms with Crippen molar-refractivity contribution in [3.8, 4) is 0 Å². The zero-order chi connectivity index (χ0) is 19.4. The minimum atomic E-state index is -3.57. The van der Waals surface area contributed by atoms with Crippen LogP contribution < -0.4 is 0 Å². The molecule has 0 radical (unpaired) electrons. The van der Waals surface area contributed by atoms with Crippen LogP contribution in [0.15, 0.2) is 0 Å². The lowest BCUT2D eigenvalue weighted by atomic mass is 9.51. The van der Waals surface area contributed by atoms with Gasteiger partial charge in [-0.25, -0.2) is 4.79 Å². The predicted octanol–water partition coefficient (Wildman–Crippen LogP) is 2.69. The number of rotatable bonds is 5. The fraction of sp³-hybridized carbons (Fsp3) is 0.895. The normalized spacial score (nSPS) is 37.4. The van der Waals surface area contributed by atoms with Crippen LogP contribution in [0.1, 0.15) is 46.0 Å². The summed E-state index contributed by atoms with van der Waals surface area (Å²) in [7, 11) is 0. The van der Waals surface area contributed by atoms with Gasteiger partial charge in [-0.2, -0.15) is 8.78 Å². The summed E-state index contributed by atoms with van der Waals surface area (Å²) >= 11 is 0. The van der Waals surface area contributed by atoms with Crippen LogP contribution in [0.4, 0.5) is 8.78 Å². The van der Waals surface area contributed by atoms with Gasteiger partial charge in [-0.15, -0.1) is 0 Å². The number of alkyl halides is 2. The maximum Gasteiger partial charge on any atom is 0.376 e. The topological polar surface area (TPSA) is 71.1 Å². The van der Waals surface area contributed by atoms with Crippen LogP contribution in [0.25, 0.3) is 0 Å². The molecule has 152 valence electrons. The monoisotopic (exact) mass is 388 g/mol. The van der Waals surface area contributed by atoms with Crippen LogP contribution in [-0.4, -0.2) is 49.1 Å². The zero-order valence-electron chi connectivity index (χ0n) is 15.7. The summed E-state index contributed by atoms with van der Waals surface area (Å²) in [6.07, 6.45) is 4.26. The Kier molecular flexibility index (Phi) is 4.50. The van der Waals surface area contributed by atoms with E-state index < -0.39 is 41.8 Å². The Morgan fingerprint density at radius 2 is 1.74 bits per heavy atom. The number of carbonyl (C=O) groups excluding carboxylic acids is 2. The molecule has 1 saturated heterocycles. The number of hydrogen-bond acceptors (Lipinski definition) is 6. The third-order valence-electron chi connectivity index (χ3n) is 6.55. The van der Waals surface area contributed by atoms with E-state index in [1.165, 1.54) is 6.92 Å². The Hall–Kier alpha value is -1.28. The molecule has 6 nitrogen and oxygen atoms in total. The Balaban J connectivity index is 1.38. The number of carbonyl (C=O) groups is 2. The van der Waals surface area contributed by atoms with Gasteiger partial charge in [-0.3, -0.25) is 4.79 Å². The fourth-order valence-electron chi connectivity index (χ4n) is 5.60. The van der Waals surface area contributed by atoms with Gasteiger partial charge in [0.1, 0.15) is 12.2 Å². The van der Waals surface area contributed by atoms with E-state index in [0.717, 1.165) is 19.3 Å². The van der Waals surface area contributed by atoms with E-state index in [0.29, 0.717) is 38.9 Å². The van der Waals surface area contributed by atoms with Gasteiger partial charge >= 0.3 is 17.9 Å². The van der Waals surface area contributed by atoms with Gasteiger partial charge in [-0.05, 0) is 44.9 Å². The van der Waals surface area contributed by atoms with Crippen LogP contribution in [0.2, 0.25) is 0 Å². The third kappa shape index (κ3) is 3.24. The van der Waals surface area contributed by atoms with Gasteiger partial charge in [0.25, 0.3) is 0 Å². The molecule has 5 aliphatic rings. The molecule has 0 N–H and O–H groups in total. The molecule has 0 aromatic rings. The van der Waals surface area contributed by atoms with E-state index in [2.05, 4.69) is 4.74 Å². The highest BCUT2D eigenvalue weighted by atomic mass is 19.3. The van der Waals surface area contributed by atoms with Crippen LogP contribution in [-0.2, 0) is 28.5 Å². The number of ether oxygens (including phenoxy) is 4. The van der Waals surface area contributed by atoms with Crippen molar-refractivity contribution in [3.63, 3.8) is 0 Å². The summed E-state index contributed by atoms with van der Waals surface area (Å²) in [5, 5.41) is 0. The van der Waals surface area contributed by atoms with Gasteiger partial charge in [0.15, 0.2) is 5.79 Å². The van der Waals surface area contributed by atoms with E-state index in [9.17, 15) is 18.4 Å². The molecule has 0 aromatic carbocycles. The first kappa shape index (κ1) is 19.1. The minimum absolute atomic E-state index is 0.214. The number of hydrogen-bond donors (Lipinski definition) is 0. The standard InChI is InChI=1S/C19H26F2O6/c1-11(10-24-16(23)17(2,20)21)15(22)27-18-7-12-5-13(8-18)19(14(6-12)9-18)25-3-4-26-19/h11-14H,3-10H2,1-2H3. The highest BCUT2D eigenvalue weighted by molar-refractivity contribution is 5.78.